The second kappa shape index (κ2) is 7.11. The van der Waals surface area contributed by atoms with E-state index in [4.69, 9.17) is 4.74 Å². The molecule has 2 heterocycles. The molecule has 0 aromatic heterocycles. The molecule has 0 N–H and O–H groups in total. The summed E-state index contributed by atoms with van der Waals surface area (Å²) in [5.41, 5.74) is 0. The predicted molar refractivity (Wildman–Crippen MR) is 100.0 cm³/mol. The number of hydrogen-bond acceptors (Lipinski definition) is 2. The SMILES string of the molecule is C[C@@H]1OC[C@H]2C[C@H]3CCCC[C@@H]3[C@@H](/C=C/[C@H]3CCC[C@H](C)N3C)[C@H]21. The third-order valence-electron chi connectivity index (χ3n) is 8.07. The van der Waals surface area contributed by atoms with Crippen molar-refractivity contribution < 1.29 is 4.74 Å². The van der Waals surface area contributed by atoms with E-state index in [2.05, 4.69) is 37.9 Å². The molecule has 2 aliphatic heterocycles. The van der Waals surface area contributed by atoms with Crippen LogP contribution in [0.15, 0.2) is 12.2 Å². The van der Waals surface area contributed by atoms with Crippen LogP contribution in [0, 0.1) is 29.6 Å². The highest BCUT2D eigenvalue weighted by Gasteiger charge is 2.49. The third-order valence-corrected chi connectivity index (χ3v) is 8.07. The maximum atomic E-state index is 6.12. The van der Waals surface area contributed by atoms with E-state index in [-0.39, 0.29) is 0 Å². The Morgan fingerprint density at radius 3 is 2.62 bits per heavy atom. The summed E-state index contributed by atoms with van der Waals surface area (Å²) in [7, 11) is 2.33. The minimum Gasteiger partial charge on any atom is -0.378 e. The van der Waals surface area contributed by atoms with Gasteiger partial charge in [-0.25, -0.2) is 0 Å². The van der Waals surface area contributed by atoms with E-state index >= 15 is 0 Å². The van der Waals surface area contributed by atoms with E-state index in [1.54, 1.807) is 0 Å². The van der Waals surface area contributed by atoms with E-state index in [1.165, 1.54) is 51.4 Å². The Morgan fingerprint density at radius 2 is 1.75 bits per heavy atom. The molecule has 2 saturated heterocycles. The second-order valence-electron chi connectivity index (χ2n) is 9.29. The van der Waals surface area contributed by atoms with Crippen LogP contribution in [0.4, 0.5) is 0 Å². The fourth-order valence-corrected chi connectivity index (χ4v) is 6.56. The Labute approximate surface area is 149 Å². The number of ether oxygens (including phenoxy) is 1. The van der Waals surface area contributed by atoms with Gasteiger partial charge in [-0.2, -0.15) is 0 Å². The highest BCUT2D eigenvalue weighted by atomic mass is 16.5. The first-order valence-corrected chi connectivity index (χ1v) is 10.7. The van der Waals surface area contributed by atoms with Gasteiger partial charge in [0.05, 0.1) is 12.7 Å². The van der Waals surface area contributed by atoms with Crippen molar-refractivity contribution in [3.8, 4) is 0 Å². The first-order valence-electron chi connectivity index (χ1n) is 10.7. The van der Waals surface area contributed by atoms with Crippen LogP contribution in [0.5, 0.6) is 0 Å². The van der Waals surface area contributed by atoms with E-state index in [1.807, 2.05) is 0 Å². The molecule has 2 nitrogen and oxygen atoms in total. The van der Waals surface area contributed by atoms with Crippen molar-refractivity contribution in [2.24, 2.45) is 29.6 Å². The molecule has 0 spiro atoms. The average Bonchev–Trinajstić information content (AvgIpc) is 2.96. The van der Waals surface area contributed by atoms with Crippen molar-refractivity contribution in [2.45, 2.75) is 83.4 Å². The molecule has 136 valence electrons. The normalized spacial score (nSPS) is 50.0. The Bertz CT molecular complexity index is 459. The monoisotopic (exact) mass is 331 g/mol. The highest BCUT2D eigenvalue weighted by Crippen LogP contribution is 2.53. The second-order valence-corrected chi connectivity index (χ2v) is 9.29. The van der Waals surface area contributed by atoms with Crippen molar-refractivity contribution in [1.82, 2.24) is 4.90 Å². The van der Waals surface area contributed by atoms with Gasteiger partial charge in [-0.15, -0.1) is 0 Å². The molecule has 0 amide bonds. The summed E-state index contributed by atoms with van der Waals surface area (Å²) in [5, 5.41) is 0. The minimum absolute atomic E-state index is 0.468. The van der Waals surface area contributed by atoms with Gasteiger partial charge in [0.25, 0.3) is 0 Å². The van der Waals surface area contributed by atoms with Crippen LogP contribution in [0.3, 0.4) is 0 Å². The lowest BCUT2D eigenvalue weighted by Gasteiger charge is -2.47. The van der Waals surface area contributed by atoms with Crippen molar-refractivity contribution >= 4 is 0 Å². The molecule has 8 atom stereocenters. The first kappa shape index (κ1) is 17.1. The van der Waals surface area contributed by atoms with Gasteiger partial charge in [-0.1, -0.05) is 37.8 Å². The molecule has 24 heavy (non-hydrogen) atoms. The summed E-state index contributed by atoms with van der Waals surface area (Å²) in [6.45, 7) is 5.75. The molecule has 2 aliphatic carbocycles. The molecule has 0 aromatic rings. The van der Waals surface area contributed by atoms with Gasteiger partial charge in [0.15, 0.2) is 0 Å². The van der Waals surface area contributed by atoms with Gasteiger partial charge in [0.1, 0.15) is 0 Å². The fourth-order valence-electron chi connectivity index (χ4n) is 6.56. The molecule has 0 bridgehead atoms. The number of hydrogen-bond donors (Lipinski definition) is 0. The fraction of sp³-hybridized carbons (Fsp3) is 0.909. The van der Waals surface area contributed by atoms with Crippen molar-refractivity contribution in [1.29, 1.82) is 0 Å². The van der Waals surface area contributed by atoms with Gasteiger partial charge in [0, 0.05) is 12.1 Å². The van der Waals surface area contributed by atoms with Gasteiger partial charge < -0.3 is 4.74 Å². The standard InChI is InChI=1S/C22H37NO/c1-15-7-6-9-19(23(15)3)11-12-21-20-10-5-4-8-17(20)13-18-14-24-16(2)22(18)21/h11-12,15-22H,4-10,13-14H2,1-3H3/b12-11+/t15-,16-,17+,18+,19+,20-,21+,22-/m0/s1. The molecule has 0 aromatic carbocycles. The molecule has 4 rings (SSSR count). The summed E-state index contributed by atoms with van der Waals surface area (Å²) >= 11 is 0. The van der Waals surface area contributed by atoms with Gasteiger partial charge in [0.2, 0.25) is 0 Å². The number of piperidine rings is 1. The average molecular weight is 332 g/mol. The van der Waals surface area contributed by atoms with E-state index in [0.29, 0.717) is 12.1 Å². The van der Waals surface area contributed by atoms with Crippen molar-refractivity contribution in [3.63, 3.8) is 0 Å². The van der Waals surface area contributed by atoms with Gasteiger partial charge in [-0.3, -0.25) is 4.90 Å². The number of fused-ring (bicyclic) bond motifs is 2. The molecule has 2 saturated carbocycles. The largest absolute Gasteiger partial charge is 0.378 e. The lowest BCUT2D eigenvalue weighted by Crippen LogP contribution is -2.43. The maximum Gasteiger partial charge on any atom is 0.0584 e. The van der Waals surface area contributed by atoms with E-state index in [0.717, 1.165) is 42.2 Å². The van der Waals surface area contributed by atoms with Crippen LogP contribution in [0.2, 0.25) is 0 Å². The zero-order chi connectivity index (χ0) is 16.7. The quantitative estimate of drug-likeness (QED) is 0.668. The zero-order valence-electron chi connectivity index (χ0n) is 16.0. The smallest absolute Gasteiger partial charge is 0.0584 e. The number of rotatable bonds is 2. The summed E-state index contributed by atoms with van der Waals surface area (Å²) < 4.78 is 6.12. The summed E-state index contributed by atoms with van der Waals surface area (Å²) in [6.07, 6.45) is 17.2. The van der Waals surface area contributed by atoms with Crippen LogP contribution in [0.25, 0.3) is 0 Å². The summed E-state index contributed by atoms with van der Waals surface area (Å²) in [6, 6.07) is 1.40. The molecular formula is C22H37NO. The molecule has 0 unspecified atom stereocenters. The summed E-state index contributed by atoms with van der Waals surface area (Å²) in [4.78, 5) is 2.60. The topological polar surface area (TPSA) is 12.5 Å². The van der Waals surface area contributed by atoms with Crippen LogP contribution >= 0.6 is 0 Å². The van der Waals surface area contributed by atoms with Gasteiger partial charge >= 0.3 is 0 Å². The Morgan fingerprint density at radius 1 is 0.917 bits per heavy atom. The van der Waals surface area contributed by atoms with Crippen molar-refractivity contribution in [2.75, 3.05) is 13.7 Å². The van der Waals surface area contributed by atoms with Crippen LogP contribution in [-0.4, -0.2) is 36.7 Å². The third kappa shape index (κ3) is 3.09. The summed E-state index contributed by atoms with van der Waals surface area (Å²) in [5.74, 6) is 4.30. The lowest BCUT2D eigenvalue weighted by atomic mass is 9.57. The zero-order valence-corrected chi connectivity index (χ0v) is 16.0. The Kier molecular flexibility index (Phi) is 5.07. The molecule has 0 radical (unpaired) electrons. The maximum absolute atomic E-state index is 6.12. The van der Waals surface area contributed by atoms with Crippen LogP contribution in [0.1, 0.15) is 65.2 Å². The molecular weight excluding hydrogens is 294 g/mol. The molecule has 4 aliphatic rings. The van der Waals surface area contributed by atoms with Gasteiger partial charge in [-0.05, 0) is 76.2 Å². The highest BCUT2D eigenvalue weighted by molar-refractivity contribution is 5.08. The first-order chi connectivity index (χ1) is 11.6. The number of allylic oxidation sites excluding steroid dienone is 1. The minimum atomic E-state index is 0.468. The van der Waals surface area contributed by atoms with Crippen molar-refractivity contribution in [3.05, 3.63) is 12.2 Å². The predicted octanol–water partition coefficient (Wildman–Crippen LogP) is 4.89. The molecule has 2 heteroatoms. The Balaban J connectivity index is 1.54. The van der Waals surface area contributed by atoms with E-state index < -0.39 is 0 Å². The lowest BCUT2D eigenvalue weighted by molar-refractivity contribution is 0.0368. The Hall–Kier alpha value is -0.340. The number of likely N-dealkylation sites (tertiary alicyclic amines) is 1. The van der Waals surface area contributed by atoms with E-state index in [9.17, 15) is 0 Å². The number of nitrogens with zero attached hydrogens (tertiary/aromatic N) is 1. The van der Waals surface area contributed by atoms with Crippen LogP contribution < -0.4 is 0 Å². The van der Waals surface area contributed by atoms with Crippen LogP contribution in [-0.2, 0) is 4.74 Å². The molecule has 4 fully saturated rings. The number of likely N-dealkylation sites (N-methyl/N-ethyl adjacent to an activating group) is 1.